The van der Waals surface area contributed by atoms with E-state index in [1.807, 2.05) is 12.1 Å². The third-order valence-corrected chi connectivity index (χ3v) is 3.68. The van der Waals surface area contributed by atoms with Crippen molar-refractivity contribution in [2.45, 2.75) is 32.4 Å². The molecule has 1 saturated heterocycles. The lowest BCUT2D eigenvalue weighted by Gasteiger charge is -2.36. The highest BCUT2D eigenvalue weighted by atomic mass is 16.4. The van der Waals surface area contributed by atoms with Crippen LogP contribution in [0.5, 0.6) is 0 Å². The van der Waals surface area contributed by atoms with Crippen LogP contribution >= 0.6 is 0 Å². The maximum Gasteiger partial charge on any atom is 0.335 e. The van der Waals surface area contributed by atoms with Gasteiger partial charge in [0.1, 0.15) is 0 Å². The molecule has 1 aliphatic heterocycles. The first kappa shape index (κ1) is 14.0. The summed E-state index contributed by atoms with van der Waals surface area (Å²) < 4.78 is 0. The summed E-state index contributed by atoms with van der Waals surface area (Å²) in [6, 6.07) is 7.82. The number of carbonyl (C=O) groups is 1. The lowest BCUT2D eigenvalue weighted by molar-refractivity contribution is 0.0697. The third kappa shape index (κ3) is 3.78. The van der Waals surface area contributed by atoms with Gasteiger partial charge in [-0.3, -0.25) is 4.90 Å². The average Bonchev–Trinajstić information content (AvgIpc) is 2.42. The first-order valence-corrected chi connectivity index (χ1v) is 6.97. The van der Waals surface area contributed by atoms with Crippen LogP contribution in [-0.4, -0.2) is 41.7 Å². The molecule has 2 rings (SSSR count). The fourth-order valence-corrected chi connectivity index (χ4v) is 2.62. The van der Waals surface area contributed by atoms with Gasteiger partial charge in [0.05, 0.1) is 5.56 Å². The minimum Gasteiger partial charge on any atom is -0.478 e. The molecule has 0 saturated carbocycles. The Morgan fingerprint density at radius 3 is 2.79 bits per heavy atom. The number of rotatable bonds is 5. The van der Waals surface area contributed by atoms with Gasteiger partial charge in [-0.25, -0.2) is 4.79 Å². The predicted molar refractivity (Wildman–Crippen MR) is 75.4 cm³/mol. The van der Waals surface area contributed by atoms with Gasteiger partial charge in [-0.1, -0.05) is 25.5 Å². The highest BCUT2D eigenvalue weighted by Gasteiger charge is 2.21. The zero-order valence-corrected chi connectivity index (χ0v) is 11.4. The molecule has 0 aliphatic carbocycles. The number of carboxylic acids is 1. The van der Waals surface area contributed by atoms with Gasteiger partial charge in [0.2, 0.25) is 0 Å². The van der Waals surface area contributed by atoms with Crippen LogP contribution in [0.1, 0.15) is 35.7 Å². The van der Waals surface area contributed by atoms with E-state index in [-0.39, 0.29) is 0 Å². The molecule has 0 aromatic heterocycles. The van der Waals surface area contributed by atoms with E-state index in [9.17, 15) is 4.79 Å². The van der Waals surface area contributed by atoms with Crippen molar-refractivity contribution in [1.82, 2.24) is 10.2 Å². The molecule has 4 heteroatoms. The Bertz CT molecular complexity index is 415. The smallest absolute Gasteiger partial charge is 0.335 e. The Balaban J connectivity index is 2.00. The summed E-state index contributed by atoms with van der Waals surface area (Å²) in [7, 11) is 0. The van der Waals surface area contributed by atoms with Crippen LogP contribution in [0.3, 0.4) is 0 Å². The van der Waals surface area contributed by atoms with Crippen molar-refractivity contribution in [2.24, 2.45) is 0 Å². The molecule has 0 bridgehead atoms. The molecule has 2 N–H and O–H groups in total. The average molecular weight is 262 g/mol. The van der Waals surface area contributed by atoms with Crippen molar-refractivity contribution in [1.29, 1.82) is 0 Å². The fourth-order valence-electron chi connectivity index (χ4n) is 2.62. The largest absolute Gasteiger partial charge is 0.478 e. The Labute approximate surface area is 114 Å². The lowest BCUT2D eigenvalue weighted by atomic mass is 10.1. The molecule has 4 nitrogen and oxygen atoms in total. The summed E-state index contributed by atoms with van der Waals surface area (Å²) in [5.41, 5.74) is 1.54. The summed E-state index contributed by atoms with van der Waals surface area (Å²) in [6.45, 7) is 6.28. The van der Waals surface area contributed by atoms with Gasteiger partial charge in [0.15, 0.2) is 0 Å². The van der Waals surface area contributed by atoms with Crippen LogP contribution in [0.2, 0.25) is 0 Å². The standard InChI is InChI=1S/C15H22N2O2/c1-2-3-14-10-16-8-9-17(14)11-12-4-6-13(7-5-12)15(18)19/h4-7,14,16H,2-3,8-11H2,1H3,(H,18,19)/t14-/m0/s1. The second-order valence-corrected chi connectivity index (χ2v) is 5.12. The van der Waals surface area contributed by atoms with Gasteiger partial charge >= 0.3 is 5.97 Å². The number of hydrogen-bond acceptors (Lipinski definition) is 3. The normalized spacial score (nSPS) is 20.4. The van der Waals surface area contributed by atoms with Crippen molar-refractivity contribution in [3.05, 3.63) is 35.4 Å². The minimum absolute atomic E-state index is 0.356. The van der Waals surface area contributed by atoms with E-state index >= 15 is 0 Å². The zero-order valence-electron chi connectivity index (χ0n) is 11.4. The van der Waals surface area contributed by atoms with Gasteiger partial charge in [-0.2, -0.15) is 0 Å². The molecule has 0 radical (unpaired) electrons. The van der Waals surface area contributed by atoms with Gasteiger partial charge in [0, 0.05) is 32.2 Å². The first-order valence-electron chi connectivity index (χ1n) is 6.97. The van der Waals surface area contributed by atoms with Crippen molar-refractivity contribution >= 4 is 5.97 Å². The first-order chi connectivity index (χ1) is 9.20. The number of nitrogens with one attached hydrogen (secondary N) is 1. The van der Waals surface area contributed by atoms with Gasteiger partial charge in [-0.15, -0.1) is 0 Å². The second-order valence-electron chi connectivity index (χ2n) is 5.12. The highest BCUT2D eigenvalue weighted by Crippen LogP contribution is 2.14. The number of carboxylic acid groups (broad SMARTS) is 1. The van der Waals surface area contributed by atoms with Crippen LogP contribution < -0.4 is 5.32 Å². The maximum atomic E-state index is 10.8. The summed E-state index contributed by atoms with van der Waals surface area (Å²) in [5.74, 6) is -0.863. The van der Waals surface area contributed by atoms with E-state index in [2.05, 4.69) is 17.1 Å². The van der Waals surface area contributed by atoms with Crippen LogP contribution in [0.4, 0.5) is 0 Å². The molecule has 0 unspecified atom stereocenters. The minimum atomic E-state index is -0.863. The Morgan fingerprint density at radius 1 is 1.42 bits per heavy atom. The van der Waals surface area contributed by atoms with E-state index in [1.54, 1.807) is 12.1 Å². The Hall–Kier alpha value is -1.39. The van der Waals surface area contributed by atoms with Crippen molar-refractivity contribution in [2.75, 3.05) is 19.6 Å². The molecular weight excluding hydrogens is 240 g/mol. The van der Waals surface area contributed by atoms with E-state index in [4.69, 9.17) is 5.11 Å². The molecule has 19 heavy (non-hydrogen) atoms. The van der Waals surface area contributed by atoms with Crippen molar-refractivity contribution < 1.29 is 9.90 Å². The van der Waals surface area contributed by atoms with Crippen LogP contribution in [0.15, 0.2) is 24.3 Å². The number of nitrogens with zero attached hydrogens (tertiary/aromatic N) is 1. The summed E-state index contributed by atoms with van der Waals surface area (Å²) in [5, 5.41) is 12.3. The van der Waals surface area contributed by atoms with E-state index in [0.29, 0.717) is 11.6 Å². The fraction of sp³-hybridized carbons (Fsp3) is 0.533. The maximum absolute atomic E-state index is 10.8. The van der Waals surface area contributed by atoms with Crippen LogP contribution in [0, 0.1) is 0 Å². The zero-order chi connectivity index (χ0) is 13.7. The van der Waals surface area contributed by atoms with Gasteiger partial charge < -0.3 is 10.4 Å². The molecule has 1 fully saturated rings. The molecule has 1 heterocycles. The van der Waals surface area contributed by atoms with Crippen molar-refractivity contribution in [3.8, 4) is 0 Å². The van der Waals surface area contributed by atoms with E-state index < -0.39 is 5.97 Å². The second kappa shape index (κ2) is 6.68. The topological polar surface area (TPSA) is 52.6 Å². The number of aromatic carboxylic acids is 1. The molecule has 1 aliphatic rings. The third-order valence-electron chi connectivity index (χ3n) is 3.68. The van der Waals surface area contributed by atoms with Gasteiger partial charge in [-0.05, 0) is 24.1 Å². The molecule has 0 amide bonds. The Morgan fingerprint density at radius 2 is 2.16 bits per heavy atom. The summed E-state index contributed by atoms with van der Waals surface area (Å²) in [4.78, 5) is 13.3. The van der Waals surface area contributed by atoms with E-state index in [0.717, 1.165) is 26.2 Å². The molecule has 1 atom stereocenters. The summed E-state index contributed by atoms with van der Waals surface area (Å²) in [6.07, 6.45) is 2.40. The van der Waals surface area contributed by atoms with Crippen molar-refractivity contribution in [3.63, 3.8) is 0 Å². The SMILES string of the molecule is CCC[C@H]1CNCCN1Cc1ccc(C(=O)O)cc1. The van der Waals surface area contributed by atoms with Crippen LogP contribution in [0.25, 0.3) is 0 Å². The number of benzene rings is 1. The monoisotopic (exact) mass is 262 g/mol. The predicted octanol–water partition coefficient (Wildman–Crippen LogP) is 1.96. The van der Waals surface area contributed by atoms with E-state index in [1.165, 1.54) is 18.4 Å². The molecule has 1 aromatic rings. The highest BCUT2D eigenvalue weighted by molar-refractivity contribution is 5.87. The molecular formula is C15H22N2O2. The number of piperazine rings is 1. The lowest BCUT2D eigenvalue weighted by Crippen LogP contribution is -2.50. The van der Waals surface area contributed by atoms with Crippen LogP contribution in [-0.2, 0) is 6.54 Å². The molecule has 1 aromatic carbocycles. The summed E-state index contributed by atoms with van der Waals surface area (Å²) >= 11 is 0. The van der Waals surface area contributed by atoms with Gasteiger partial charge in [0.25, 0.3) is 0 Å². The Kier molecular flexibility index (Phi) is 4.93. The quantitative estimate of drug-likeness (QED) is 0.851. The molecule has 104 valence electrons. The molecule has 0 spiro atoms. The number of hydrogen-bond donors (Lipinski definition) is 2.